The zero-order chi connectivity index (χ0) is 13.2. The van der Waals surface area contributed by atoms with Crippen molar-refractivity contribution >= 4 is 11.8 Å². The molecular formula is C15H14O3S. The highest BCUT2D eigenvalue weighted by molar-refractivity contribution is 7.99. The fraction of sp³-hybridized carbons (Fsp3) is 0.200. The van der Waals surface area contributed by atoms with E-state index in [1.807, 2.05) is 30.3 Å². The summed E-state index contributed by atoms with van der Waals surface area (Å²) in [5.74, 6) is 2.79. The minimum atomic E-state index is 0.0351. The van der Waals surface area contributed by atoms with Crippen LogP contribution in [0.5, 0.6) is 17.2 Å². The number of phenols is 1. The van der Waals surface area contributed by atoms with Gasteiger partial charge in [-0.05, 0) is 35.9 Å². The van der Waals surface area contributed by atoms with E-state index in [2.05, 4.69) is 0 Å². The molecular weight excluding hydrogens is 260 g/mol. The van der Waals surface area contributed by atoms with Crippen molar-refractivity contribution in [2.75, 3.05) is 12.9 Å². The molecule has 2 aromatic carbocycles. The van der Waals surface area contributed by atoms with Gasteiger partial charge in [0.25, 0.3) is 0 Å². The fourth-order valence-corrected chi connectivity index (χ4v) is 3.10. The first-order valence-corrected chi connectivity index (χ1v) is 7.01. The number of phenolic OH excluding ortho intramolecular Hbond substituents is 1. The Morgan fingerprint density at radius 2 is 2.00 bits per heavy atom. The van der Waals surface area contributed by atoms with E-state index < -0.39 is 0 Å². The van der Waals surface area contributed by atoms with Crippen molar-refractivity contribution in [2.24, 2.45) is 0 Å². The second-order valence-corrected chi connectivity index (χ2v) is 5.38. The first-order valence-electron chi connectivity index (χ1n) is 6.02. The summed E-state index contributed by atoms with van der Waals surface area (Å²) in [6, 6.07) is 13.1. The largest absolute Gasteiger partial charge is 0.508 e. The highest BCUT2D eigenvalue weighted by Crippen LogP contribution is 2.42. The Kier molecular flexibility index (Phi) is 3.25. The van der Waals surface area contributed by atoms with Gasteiger partial charge in [0.1, 0.15) is 23.4 Å². The van der Waals surface area contributed by atoms with Crippen LogP contribution in [0.4, 0.5) is 0 Å². The molecule has 0 saturated carbocycles. The van der Waals surface area contributed by atoms with Gasteiger partial charge in [-0.15, -0.1) is 11.8 Å². The normalized spacial score (nSPS) is 17.4. The molecule has 0 aromatic heterocycles. The molecule has 3 nitrogen and oxygen atoms in total. The fourth-order valence-electron chi connectivity index (χ4n) is 2.04. The van der Waals surface area contributed by atoms with Crippen LogP contribution in [0.2, 0.25) is 0 Å². The lowest BCUT2D eigenvalue weighted by Crippen LogP contribution is -2.14. The molecule has 0 amide bonds. The molecule has 3 rings (SSSR count). The standard InChI is InChI=1S/C15H14O3S/c1-17-12-5-2-10(3-6-12)14-9-19-15-8-11(16)4-7-13(15)18-14/h2-8,14,16H,9H2,1H3. The van der Waals surface area contributed by atoms with Gasteiger partial charge in [0.05, 0.1) is 12.0 Å². The number of benzene rings is 2. The van der Waals surface area contributed by atoms with Crippen molar-refractivity contribution in [1.82, 2.24) is 0 Å². The van der Waals surface area contributed by atoms with Crippen LogP contribution in [0, 0.1) is 0 Å². The SMILES string of the molecule is COc1ccc(C2CSc3cc(O)ccc3O2)cc1. The smallest absolute Gasteiger partial charge is 0.134 e. The van der Waals surface area contributed by atoms with E-state index in [4.69, 9.17) is 9.47 Å². The van der Waals surface area contributed by atoms with Gasteiger partial charge >= 0.3 is 0 Å². The van der Waals surface area contributed by atoms with Crippen molar-refractivity contribution in [3.63, 3.8) is 0 Å². The molecule has 1 heterocycles. The predicted molar refractivity (Wildman–Crippen MR) is 75.2 cm³/mol. The minimum Gasteiger partial charge on any atom is -0.508 e. The topological polar surface area (TPSA) is 38.7 Å². The van der Waals surface area contributed by atoms with Crippen LogP contribution in [0.25, 0.3) is 0 Å². The lowest BCUT2D eigenvalue weighted by Gasteiger charge is -2.26. The minimum absolute atomic E-state index is 0.0351. The van der Waals surface area contributed by atoms with Crippen LogP contribution in [0.15, 0.2) is 47.4 Å². The van der Waals surface area contributed by atoms with E-state index in [1.54, 1.807) is 31.0 Å². The molecule has 0 bridgehead atoms. The molecule has 0 radical (unpaired) electrons. The zero-order valence-electron chi connectivity index (χ0n) is 10.5. The number of rotatable bonds is 2. The zero-order valence-corrected chi connectivity index (χ0v) is 11.3. The Bertz CT molecular complexity index is 580. The first-order chi connectivity index (χ1) is 9.26. The molecule has 1 aliphatic heterocycles. The summed E-state index contributed by atoms with van der Waals surface area (Å²) in [4.78, 5) is 0.991. The Balaban J connectivity index is 1.82. The molecule has 1 N–H and O–H groups in total. The summed E-state index contributed by atoms with van der Waals surface area (Å²) in [6.45, 7) is 0. The number of methoxy groups -OCH3 is 1. The summed E-state index contributed by atoms with van der Waals surface area (Å²) in [6.07, 6.45) is 0.0351. The maximum atomic E-state index is 9.45. The number of thioether (sulfide) groups is 1. The Labute approximate surface area is 116 Å². The Hall–Kier alpha value is -1.81. The number of hydrogen-bond acceptors (Lipinski definition) is 4. The van der Waals surface area contributed by atoms with Crippen LogP contribution in [0.1, 0.15) is 11.7 Å². The average Bonchev–Trinajstić information content (AvgIpc) is 2.47. The summed E-state index contributed by atoms with van der Waals surface area (Å²) in [5, 5.41) is 9.45. The van der Waals surface area contributed by atoms with Gasteiger partial charge in [0.2, 0.25) is 0 Å². The van der Waals surface area contributed by atoms with E-state index in [0.29, 0.717) is 0 Å². The molecule has 2 aromatic rings. The van der Waals surface area contributed by atoms with Crippen molar-refractivity contribution in [1.29, 1.82) is 0 Å². The molecule has 1 atom stereocenters. The summed E-state index contributed by atoms with van der Waals surface area (Å²) >= 11 is 1.70. The second kappa shape index (κ2) is 5.05. The quantitative estimate of drug-likeness (QED) is 0.907. The van der Waals surface area contributed by atoms with Crippen LogP contribution >= 0.6 is 11.8 Å². The lowest BCUT2D eigenvalue weighted by molar-refractivity contribution is 0.220. The van der Waals surface area contributed by atoms with Crippen LogP contribution in [-0.4, -0.2) is 18.0 Å². The molecule has 1 aliphatic rings. The maximum absolute atomic E-state index is 9.45. The monoisotopic (exact) mass is 274 g/mol. The molecule has 0 spiro atoms. The van der Waals surface area contributed by atoms with Crippen LogP contribution in [-0.2, 0) is 0 Å². The second-order valence-electron chi connectivity index (χ2n) is 4.32. The number of hydrogen-bond donors (Lipinski definition) is 1. The molecule has 1 unspecified atom stereocenters. The van der Waals surface area contributed by atoms with Crippen LogP contribution in [0.3, 0.4) is 0 Å². The molecule has 98 valence electrons. The highest BCUT2D eigenvalue weighted by Gasteiger charge is 2.22. The third-order valence-corrected chi connectivity index (χ3v) is 4.17. The summed E-state index contributed by atoms with van der Waals surface area (Å²) in [5.41, 5.74) is 1.13. The highest BCUT2D eigenvalue weighted by atomic mass is 32.2. The number of fused-ring (bicyclic) bond motifs is 1. The molecule has 4 heteroatoms. The van der Waals surface area contributed by atoms with Gasteiger partial charge in [-0.2, -0.15) is 0 Å². The van der Waals surface area contributed by atoms with Crippen molar-refractivity contribution in [2.45, 2.75) is 11.0 Å². The van der Waals surface area contributed by atoms with E-state index in [-0.39, 0.29) is 11.9 Å². The van der Waals surface area contributed by atoms with Crippen LogP contribution < -0.4 is 9.47 Å². The number of ether oxygens (including phenoxy) is 2. The van der Waals surface area contributed by atoms with Gasteiger partial charge in [-0.25, -0.2) is 0 Å². The van der Waals surface area contributed by atoms with Crippen molar-refractivity contribution in [3.05, 3.63) is 48.0 Å². The van der Waals surface area contributed by atoms with Gasteiger partial charge in [-0.3, -0.25) is 0 Å². The third-order valence-electron chi connectivity index (χ3n) is 3.07. The van der Waals surface area contributed by atoms with E-state index >= 15 is 0 Å². The van der Waals surface area contributed by atoms with E-state index in [9.17, 15) is 5.11 Å². The average molecular weight is 274 g/mol. The van der Waals surface area contributed by atoms with E-state index in [0.717, 1.165) is 27.7 Å². The van der Waals surface area contributed by atoms with Gasteiger partial charge in [-0.1, -0.05) is 12.1 Å². The maximum Gasteiger partial charge on any atom is 0.134 e. The van der Waals surface area contributed by atoms with Gasteiger partial charge < -0.3 is 14.6 Å². The Morgan fingerprint density at radius 3 is 2.74 bits per heavy atom. The van der Waals surface area contributed by atoms with Crippen molar-refractivity contribution < 1.29 is 14.6 Å². The molecule has 19 heavy (non-hydrogen) atoms. The van der Waals surface area contributed by atoms with E-state index in [1.165, 1.54) is 0 Å². The Morgan fingerprint density at radius 1 is 1.21 bits per heavy atom. The van der Waals surface area contributed by atoms with Gasteiger partial charge in [0, 0.05) is 5.75 Å². The van der Waals surface area contributed by atoms with Crippen molar-refractivity contribution in [3.8, 4) is 17.2 Å². The molecule has 0 fully saturated rings. The summed E-state index contributed by atoms with van der Waals surface area (Å²) < 4.78 is 11.1. The predicted octanol–water partition coefficient (Wildman–Crippen LogP) is 3.63. The summed E-state index contributed by atoms with van der Waals surface area (Å²) in [7, 11) is 1.66. The number of aromatic hydroxyl groups is 1. The molecule has 0 aliphatic carbocycles. The molecule has 0 saturated heterocycles. The lowest BCUT2D eigenvalue weighted by atomic mass is 10.1. The third kappa shape index (κ3) is 2.49. The van der Waals surface area contributed by atoms with Gasteiger partial charge in [0.15, 0.2) is 0 Å². The first kappa shape index (κ1) is 12.2.